The summed E-state index contributed by atoms with van der Waals surface area (Å²) in [5.41, 5.74) is 1.79. The first-order valence-corrected chi connectivity index (χ1v) is 6.72. The first-order chi connectivity index (χ1) is 9.77. The van der Waals surface area contributed by atoms with E-state index in [0.717, 1.165) is 24.2 Å². The predicted molar refractivity (Wildman–Crippen MR) is 79.6 cm³/mol. The molecule has 4 N–H and O–H groups in total. The van der Waals surface area contributed by atoms with E-state index in [4.69, 9.17) is 0 Å². The van der Waals surface area contributed by atoms with Crippen molar-refractivity contribution in [3.63, 3.8) is 0 Å². The molecule has 0 atom stereocenters. The van der Waals surface area contributed by atoms with Gasteiger partial charge in [-0.15, -0.1) is 0 Å². The van der Waals surface area contributed by atoms with E-state index in [0.29, 0.717) is 24.6 Å². The maximum absolute atomic E-state index is 9.61. The average Bonchev–Trinajstić information content (AvgIpc) is 2.46. The van der Waals surface area contributed by atoms with Gasteiger partial charge in [0.2, 0.25) is 0 Å². The molecule has 2 aromatic rings. The molecule has 0 bridgehead atoms. The van der Waals surface area contributed by atoms with Gasteiger partial charge in [-0.3, -0.25) is 0 Å². The van der Waals surface area contributed by atoms with Crippen LogP contribution in [0.1, 0.15) is 11.1 Å². The van der Waals surface area contributed by atoms with Crippen molar-refractivity contribution >= 4 is 0 Å². The van der Waals surface area contributed by atoms with Crippen molar-refractivity contribution in [2.45, 2.75) is 13.1 Å². The summed E-state index contributed by atoms with van der Waals surface area (Å²) in [6.45, 7) is 2.87. The van der Waals surface area contributed by atoms with Crippen molar-refractivity contribution in [3.8, 4) is 11.5 Å². The Hall–Kier alpha value is -1.53. The summed E-state index contributed by atoms with van der Waals surface area (Å²) < 4.78 is 0. The molecule has 0 aliphatic rings. The molecule has 4 nitrogen and oxygen atoms in total. The molecule has 0 aromatic heterocycles. The van der Waals surface area contributed by atoms with Crippen LogP contribution in [-0.4, -0.2) is 23.3 Å². The van der Waals surface area contributed by atoms with Crippen molar-refractivity contribution in [1.29, 1.82) is 0 Å². The molecular formula is C16H20CoN2O2. The molecule has 0 fully saturated rings. The third-order valence-electron chi connectivity index (χ3n) is 3.09. The van der Waals surface area contributed by atoms with Gasteiger partial charge in [0, 0.05) is 54.1 Å². The van der Waals surface area contributed by atoms with Crippen molar-refractivity contribution in [2.24, 2.45) is 0 Å². The predicted octanol–water partition coefficient (Wildman–Crippen LogP) is 1.97. The molecule has 2 rings (SSSR count). The summed E-state index contributed by atoms with van der Waals surface area (Å²) in [7, 11) is 0. The van der Waals surface area contributed by atoms with Crippen LogP contribution in [0.15, 0.2) is 48.5 Å². The van der Waals surface area contributed by atoms with Crippen molar-refractivity contribution in [2.75, 3.05) is 13.1 Å². The van der Waals surface area contributed by atoms with Crippen LogP contribution in [-0.2, 0) is 29.9 Å². The number of benzene rings is 2. The fourth-order valence-electron chi connectivity index (χ4n) is 1.94. The Bertz CT molecular complexity index is 500. The van der Waals surface area contributed by atoms with Crippen LogP contribution in [0.4, 0.5) is 0 Å². The van der Waals surface area contributed by atoms with Gasteiger partial charge in [0.05, 0.1) is 0 Å². The Morgan fingerprint density at radius 3 is 1.43 bits per heavy atom. The van der Waals surface area contributed by atoms with Gasteiger partial charge in [0.25, 0.3) is 0 Å². The molecule has 0 spiro atoms. The van der Waals surface area contributed by atoms with E-state index in [1.165, 1.54) is 0 Å². The maximum atomic E-state index is 9.61. The fourth-order valence-corrected chi connectivity index (χ4v) is 1.94. The van der Waals surface area contributed by atoms with Gasteiger partial charge in [-0.1, -0.05) is 36.4 Å². The number of hydrogen-bond acceptors (Lipinski definition) is 4. The molecule has 5 heteroatoms. The summed E-state index contributed by atoms with van der Waals surface area (Å²) in [4.78, 5) is 0. The van der Waals surface area contributed by atoms with E-state index in [1.54, 1.807) is 12.1 Å². The zero-order chi connectivity index (χ0) is 14.2. The Morgan fingerprint density at radius 1 is 0.667 bits per heavy atom. The summed E-state index contributed by atoms with van der Waals surface area (Å²) in [6.07, 6.45) is 0. The number of rotatable bonds is 7. The Balaban J connectivity index is 0.00000220. The molecule has 0 aliphatic heterocycles. The van der Waals surface area contributed by atoms with Crippen LogP contribution in [0.5, 0.6) is 11.5 Å². The van der Waals surface area contributed by atoms with Crippen molar-refractivity contribution < 1.29 is 27.0 Å². The second kappa shape index (κ2) is 9.41. The van der Waals surface area contributed by atoms with E-state index in [9.17, 15) is 10.2 Å². The number of phenols is 2. The molecular weight excluding hydrogens is 311 g/mol. The minimum Gasteiger partial charge on any atom is -0.508 e. The normalized spacial score (nSPS) is 10.1. The molecule has 0 saturated carbocycles. The third kappa shape index (κ3) is 5.77. The summed E-state index contributed by atoms with van der Waals surface area (Å²) >= 11 is 0. The molecule has 2 aromatic carbocycles. The molecule has 1 radical (unpaired) electrons. The van der Waals surface area contributed by atoms with Gasteiger partial charge in [-0.05, 0) is 12.1 Å². The van der Waals surface area contributed by atoms with Gasteiger partial charge in [0.15, 0.2) is 0 Å². The fraction of sp³-hybridized carbons (Fsp3) is 0.250. The average molecular weight is 331 g/mol. The van der Waals surface area contributed by atoms with Crippen LogP contribution >= 0.6 is 0 Å². The van der Waals surface area contributed by atoms with E-state index in [-0.39, 0.29) is 16.8 Å². The van der Waals surface area contributed by atoms with Crippen LogP contribution in [0.3, 0.4) is 0 Å². The topological polar surface area (TPSA) is 64.5 Å². The van der Waals surface area contributed by atoms with Gasteiger partial charge in [-0.25, -0.2) is 0 Å². The van der Waals surface area contributed by atoms with Gasteiger partial charge >= 0.3 is 0 Å². The van der Waals surface area contributed by atoms with Crippen LogP contribution < -0.4 is 10.6 Å². The quantitative estimate of drug-likeness (QED) is 0.586. The van der Waals surface area contributed by atoms with E-state index >= 15 is 0 Å². The smallest absolute Gasteiger partial charge is 0.120 e. The Labute approximate surface area is 135 Å². The zero-order valence-corrected chi connectivity index (χ0v) is 12.7. The maximum Gasteiger partial charge on any atom is 0.120 e. The second-order valence-electron chi connectivity index (χ2n) is 4.61. The van der Waals surface area contributed by atoms with E-state index in [2.05, 4.69) is 10.6 Å². The van der Waals surface area contributed by atoms with Crippen molar-refractivity contribution in [3.05, 3.63) is 59.7 Å². The number of para-hydroxylation sites is 2. The van der Waals surface area contributed by atoms with E-state index < -0.39 is 0 Å². The molecule has 0 amide bonds. The van der Waals surface area contributed by atoms with Gasteiger partial charge in [-0.2, -0.15) is 0 Å². The van der Waals surface area contributed by atoms with Gasteiger partial charge < -0.3 is 20.8 Å². The molecule has 21 heavy (non-hydrogen) atoms. The molecule has 0 heterocycles. The minimum atomic E-state index is 0. The van der Waals surface area contributed by atoms with Crippen LogP contribution in [0.2, 0.25) is 0 Å². The monoisotopic (exact) mass is 331 g/mol. The second-order valence-corrected chi connectivity index (χ2v) is 4.61. The molecule has 0 aliphatic carbocycles. The Morgan fingerprint density at radius 2 is 1.05 bits per heavy atom. The molecule has 115 valence electrons. The molecule has 0 saturated heterocycles. The van der Waals surface area contributed by atoms with Crippen LogP contribution in [0, 0.1) is 0 Å². The number of hydrogen-bond donors (Lipinski definition) is 4. The minimum absolute atomic E-state index is 0. The van der Waals surface area contributed by atoms with E-state index in [1.807, 2.05) is 36.4 Å². The number of aromatic hydroxyl groups is 2. The number of phenolic OH excluding ortho intramolecular Hbond substituents is 2. The Kier molecular flexibility index (Phi) is 7.85. The summed E-state index contributed by atoms with van der Waals surface area (Å²) in [5, 5.41) is 25.7. The van der Waals surface area contributed by atoms with Gasteiger partial charge in [0.1, 0.15) is 11.5 Å². The summed E-state index contributed by atoms with van der Waals surface area (Å²) in [6, 6.07) is 14.6. The van der Waals surface area contributed by atoms with Crippen molar-refractivity contribution in [1.82, 2.24) is 10.6 Å². The third-order valence-corrected chi connectivity index (χ3v) is 3.09. The largest absolute Gasteiger partial charge is 0.508 e. The SMILES string of the molecule is Oc1ccccc1CNCCNCc1ccccc1O.[Co]. The number of nitrogens with one attached hydrogen (secondary N) is 2. The molecule has 0 unspecified atom stereocenters. The first kappa shape index (κ1) is 17.5. The summed E-state index contributed by atoms with van der Waals surface area (Å²) in [5.74, 6) is 0.643. The standard InChI is InChI=1S/C16H20N2O2.Co/c19-15-7-3-1-5-13(15)11-17-9-10-18-12-14-6-2-4-8-16(14)20;/h1-8,17-20H,9-12H2;. The zero-order valence-electron chi connectivity index (χ0n) is 11.7. The van der Waals surface area contributed by atoms with Crippen LogP contribution in [0.25, 0.3) is 0 Å². The first-order valence-electron chi connectivity index (χ1n) is 6.72.